The van der Waals surface area contributed by atoms with Gasteiger partial charge in [-0.3, -0.25) is 9.59 Å². The first-order valence-electron chi connectivity index (χ1n) is 8.04. The Balaban J connectivity index is 1.63. The summed E-state index contributed by atoms with van der Waals surface area (Å²) in [6.45, 7) is 2.48. The summed E-state index contributed by atoms with van der Waals surface area (Å²) in [5.41, 5.74) is 2.71. The number of aromatic nitrogens is 1. The van der Waals surface area contributed by atoms with E-state index in [2.05, 4.69) is 16.4 Å². The number of pyridine rings is 1. The molecule has 0 unspecified atom stereocenters. The fraction of sp³-hybridized carbons (Fsp3) is 0.444. The van der Waals surface area contributed by atoms with Crippen LogP contribution in [0.5, 0.6) is 0 Å². The number of benzene rings is 1. The summed E-state index contributed by atoms with van der Waals surface area (Å²) in [5, 5.41) is 4.08. The zero-order valence-corrected chi connectivity index (χ0v) is 12.9. The molecule has 1 aromatic heterocycles. The van der Waals surface area contributed by atoms with Crippen molar-refractivity contribution in [2.45, 2.75) is 39.0 Å². The van der Waals surface area contributed by atoms with Crippen LogP contribution in [0.15, 0.2) is 29.1 Å². The summed E-state index contributed by atoms with van der Waals surface area (Å²) in [5.74, 6) is 0.433. The standard InChI is InChI=1S/C18H22N2O2/c1-12-10-15-11-13(6-7-16(15)20-17(12)21)8-9-19-18(22)14-4-2-3-5-14/h6-7,10-11,14H,2-5,8-9H2,1H3,(H,19,22)(H,20,21). The average molecular weight is 298 g/mol. The zero-order valence-electron chi connectivity index (χ0n) is 12.9. The number of hydrogen-bond acceptors (Lipinski definition) is 2. The minimum absolute atomic E-state index is 0.0379. The van der Waals surface area contributed by atoms with Gasteiger partial charge in [0.05, 0.1) is 0 Å². The molecule has 0 aliphatic heterocycles. The third kappa shape index (κ3) is 3.21. The van der Waals surface area contributed by atoms with Crippen LogP contribution < -0.4 is 10.9 Å². The van der Waals surface area contributed by atoms with Crippen molar-refractivity contribution in [2.75, 3.05) is 6.54 Å². The van der Waals surface area contributed by atoms with E-state index in [-0.39, 0.29) is 17.4 Å². The number of fused-ring (bicyclic) bond motifs is 1. The summed E-state index contributed by atoms with van der Waals surface area (Å²) >= 11 is 0. The summed E-state index contributed by atoms with van der Waals surface area (Å²) in [7, 11) is 0. The Morgan fingerprint density at radius 3 is 2.82 bits per heavy atom. The fourth-order valence-electron chi connectivity index (χ4n) is 3.18. The minimum Gasteiger partial charge on any atom is -0.356 e. The predicted molar refractivity (Wildman–Crippen MR) is 88.0 cm³/mol. The molecule has 0 radical (unpaired) electrons. The van der Waals surface area contributed by atoms with Gasteiger partial charge in [-0.05, 0) is 55.3 Å². The molecule has 0 bridgehead atoms. The molecule has 1 aromatic carbocycles. The molecule has 1 fully saturated rings. The molecule has 1 amide bonds. The number of amides is 1. The molecule has 1 aliphatic rings. The second kappa shape index (κ2) is 6.34. The monoisotopic (exact) mass is 298 g/mol. The van der Waals surface area contributed by atoms with Gasteiger partial charge < -0.3 is 10.3 Å². The topological polar surface area (TPSA) is 62.0 Å². The maximum absolute atomic E-state index is 12.0. The van der Waals surface area contributed by atoms with E-state index in [9.17, 15) is 9.59 Å². The summed E-state index contributed by atoms with van der Waals surface area (Å²) < 4.78 is 0. The molecule has 1 saturated carbocycles. The summed E-state index contributed by atoms with van der Waals surface area (Å²) in [4.78, 5) is 26.4. The molecule has 3 rings (SSSR count). The van der Waals surface area contributed by atoms with Crippen molar-refractivity contribution in [2.24, 2.45) is 5.92 Å². The molecule has 2 aromatic rings. The second-order valence-electron chi connectivity index (χ2n) is 6.23. The van der Waals surface area contributed by atoms with Gasteiger partial charge in [0.2, 0.25) is 5.91 Å². The van der Waals surface area contributed by atoms with Crippen LogP contribution in [0.3, 0.4) is 0 Å². The van der Waals surface area contributed by atoms with Crippen LogP contribution in [-0.2, 0) is 11.2 Å². The number of aryl methyl sites for hydroxylation is 1. The first-order valence-corrected chi connectivity index (χ1v) is 8.04. The highest BCUT2D eigenvalue weighted by Gasteiger charge is 2.21. The zero-order chi connectivity index (χ0) is 15.5. The highest BCUT2D eigenvalue weighted by Crippen LogP contribution is 2.24. The third-order valence-electron chi connectivity index (χ3n) is 4.53. The number of carbonyl (C=O) groups excluding carboxylic acids is 1. The van der Waals surface area contributed by atoms with Crippen molar-refractivity contribution in [3.05, 3.63) is 45.7 Å². The number of aromatic amines is 1. The Hall–Kier alpha value is -2.10. The van der Waals surface area contributed by atoms with E-state index < -0.39 is 0 Å². The van der Waals surface area contributed by atoms with Crippen molar-refractivity contribution in [1.29, 1.82) is 0 Å². The number of carbonyl (C=O) groups is 1. The third-order valence-corrected chi connectivity index (χ3v) is 4.53. The van der Waals surface area contributed by atoms with Gasteiger partial charge in [-0.15, -0.1) is 0 Å². The van der Waals surface area contributed by atoms with E-state index >= 15 is 0 Å². The highest BCUT2D eigenvalue weighted by atomic mass is 16.1. The first kappa shape index (κ1) is 14.8. The number of rotatable bonds is 4. The van der Waals surface area contributed by atoms with Crippen LogP contribution in [0.4, 0.5) is 0 Å². The lowest BCUT2D eigenvalue weighted by Gasteiger charge is -2.10. The first-order chi connectivity index (χ1) is 10.6. The van der Waals surface area contributed by atoms with E-state index in [1.165, 1.54) is 18.4 Å². The van der Waals surface area contributed by atoms with Gasteiger partial charge in [0.15, 0.2) is 0 Å². The van der Waals surface area contributed by atoms with Crippen molar-refractivity contribution >= 4 is 16.8 Å². The summed E-state index contributed by atoms with van der Waals surface area (Å²) in [6, 6.07) is 7.94. The molecule has 0 atom stereocenters. The molecule has 0 saturated heterocycles. The Morgan fingerprint density at radius 1 is 1.27 bits per heavy atom. The molecule has 2 N–H and O–H groups in total. The minimum atomic E-state index is -0.0379. The van der Waals surface area contributed by atoms with Gasteiger partial charge in [-0.1, -0.05) is 18.9 Å². The Morgan fingerprint density at radius 2 is 2.05 bits per heavy atom. The lowest BCUT2D eigenvalue weighted by Crippen LogP contribution is -2.30. The van der Waals surface area contributed by atoms with Crippen LogP contribution in [-0.4, -0.2) is 17.4 Å². The Labute approximate surface area is 129 Å². The van der Waals surface area contributed by atoms with Crippen LogP contribution in [0, 0.1) is 12.8 Å². The molecular formula is C18H22N2O2. The van der Waals surface area contributed by atoms with Gasteiger partial charge in [0.1, 0.15) is 0 Å². The van der Waals surface area contributed by atoms with Crippen molar-refractivity contribution in [1.82, 2.24) is 10.3 Å². The lowest BCUT2D eigenvalue weighted by atomic mass is 10.1. The predicted octanol–water partition coefficient (Wildman–Crippen LogP) is 2.69. The van der Waals surface area contributed by atoms with Gasteiger partial charge in [-0.2, -0.15) is 0 Å². The molecule has 0 spiro atoms. The van der Waals surface area contributed by atoms with E-state index in [1.807, 2.05) is 25.1 Å². The van der Waals surface area contributed by atoms with E-state index in [0.29, 0.717) is 6.54 Å². The van der Waals surface area contributed by atoms with E-state index in [1.54, 1.807) is 0 Å². The van der Waals surface area contributed by atoms with Crippen molar-refractivity contribution < 1.29 is 4.79 Å². The van der Waals surface area contributed by atoms with Crippen LogP contribution >= 0.6 is 0 Å². The normalized spacial score (nSPS) is 15.3. The maximum Gasteiger partial charge on any atom is 0.251 e. The molecule has 1 heterocycles. The highest BCUT2D eigenvalue weighted by molar-refractivity contribution is 5.80. The number of nitrogens with one attached hydrogen (secondary N) is 2. The Bertz CT molecular complexity index is 742. The van der Waals surface area contributed by atoms with E-state index in [4.69, 9.17) is 0 Å². The number of hydrogen-bond donors (Lipinski definition) is 2. The average Bonchev–Trinajstić information content (AvgIpc) is 3.03. The molecule has 4 heteroatoms. The van der Waals surface area contributed by atoms with Crippen molar-refractivity contribution in [3.63, 3.8) is 0 Å². The molecule has 22 heavy (non-hydrogen) atoms. The van der Waals surface area contributed by atoms with Crippen LogP contribution in [0.1, 0.15) is 36.8 Å². The van der Waals surface area contributed by atoms with E-state index in [0.717, 1.165) is 35.7 Å². The smallest absolute Gasteiger partial charge is 0.251 e. The number of H-pyrrole nitrogens is 1. The maximum atomic E-state index is 12.0. The quantitative estimate of drug-likeness (QED) is 0.911. The van der Waals surface area contributed by atoms with Crippen molar-refractivity contribution in [3.8, 4) is 0 Å². The van der Waals surface area contributed by atoms with Crippen LogP contribution in [0.2, 0.25) is 0 Å². The van der Waals surface area contributed by atoms with Crippen LogP contribution in [0.25, 0.3) is 10.9 Å². The summed E-state index contributed by atoms with van der Waals surface area (Å²) in [6.07, 6.45) is 5.25. The molecule has 4 nitrogen and oxygen atoms in total. The molecular weight excluding hydrogens is 276 g/mol. The molecule has 116 valence electrons. The fourth-order valence-corrected chi connectivity index (χ4v) is 3.18. The lowest BCUT2D eigenvalue weighted by molar-refractivity contribution is -0.124. The largest absolute Gasteiger partial charge is 0.356 e. The van der Waals surface area contributed by atoms with Gasteiger partial charge in [0.25, 0.3) is 5.56 Å². The second-order valence-corrected chi connectivity index (χ2v) is 6.23. The van der Waals surface area contributed by atoms with Gasteiger partial charge in [-0.25, -0.2) is 0 Å². The van der Waals surface area contributed by atoms with Gasteiger partial charge in [0, 0.05) is 23.5 Å². The Kier molecular flexibility index (Phi) is 4.27. The SMILES string of the molecule is Cc1cc2cc(CCNC(=O)C3CCCC3)ccc2[nH]c1=O. The van der Waals surface area contributed by atoms with Gasteiger partial charge >= 0.3 is 0 Å². The molecule has 1 aliphatic carbocycles.